The van der Waals surface area contributed by atoms with Crippen LogP contribution in [0, 0.1) is 0 Å². The second-order valence-electron chi connectivity index (χ2n) is 5.81. The lowest BCUT2D eigenvalue weighted by Crippen LogP contribution is -2.42. The summed E-state index contributed by atoms with van der Waals surface area (Å²) in [4.78, 5) is 33.8. The topological polar surface area (TPSA) is 78.4 Å². The highest BCUT2D eigenvalue weighted by molar-refractivity contribution is 5.87. The second kappa shape index (κ2) is 9.08. The van der Waals surface area contributed by atoms with Gasteiger partial charge in [-0.25, -0.2) is 4.79 Å². The fraction of sp³-hybridized carbons (Fsp3) is 0.400. The first-order valence-electron chi connectivity index (χ1n) is 8.79. The number of aromatic nitrogens is 2. The Morgan fingerprint density at radius 2 is 1.77 bits per heavy atom. The molecule has 0 aromatic carbocycles. The molecular weight excluding hydrogens is 332 g/mol. The van der Waals surface area contributed by atoms with Gasteiger partial charge in [0.2, 0.25) is 5.60 Å². The van der Waals surface area contributed by atoms with Gasteiger partial charge in [0.1, 0.15) is 0 Å². The molecule has 0 fully saturated rings. The van der Waals surface area contributed by atoms with Crippen LogP contribution in [0.15, 0.2) is 49.1 Å². The molecule has 0 spiro atoms. The van der Waals surface area contributed by atoms with E-state index in [1.165, 1.54) is 6.20 Å². The summed E-state index contributed by atoms with van der Waals surface area (Å²) in [6.45, 7) is 5.58. The molecule has 0 N–H and O–H groups in total. The number of pyridine rings is 2. The Balaban J connectivity index is 2.40. The molecule has 0 bridgehead atoms. The van der Waals surface area contributed by atoms with E-state index in [0.717, 1.165) is 5.56 Å². The van der Waals surface area contributed by atoms with E-state index in [0.29, 0.717) is 12.0 Å². The third-order valence-electron chi connectivity index (χ3n) is 4.29. The standard InChI is InChI=1S/C20H24N2O4/c1-4-17(15-9-7-11-21-13-15)18(23)26-20(5-2,19(24)25-6-3)16-10-8-12-22-14-16/h7-14,17H,4-6H2,1-3H3. The zero-order chi connectivity index (χ0) is 19.0. The van der Waals surface area contributed by atoms with Crippen LogP contribution >= 0.6 is 0 Å². The lowest BCUT2D eigenvalue weighted by Gasteiger charge is -2.31. The van der Waals surface area contributed by atoms with E-state index in [4.69, 9.17) is 9.47 Å². The summed E-state index contributed by atoms with van der Waals surface area (Å²) in [6, 6.07) is 7.01. The van der Waals surface area contributed by atoms with Gasteiger partial charge in [0.15, 0.2) is 0 Å². The smallest absolute Gasteiger partial charge is 0.355 e. The Morgan fingerprint density at radius 3 is 2.27 bits per heavy atom. The summed E-state index contributed by atoms with van der Waals surface area (Å²) >= 11 is 0. The Labute approximate surface area is 153 Å². The van der Waals surface area contributed by atoms with Crippen LogP contribution in [0.2, 0.25) is 0 Å². The zero-order valence-electron chi connectivity index (χ0n) is 15.3. The maximum Gasteiger partial charge on any atom is 0.355 e. The predicted molar refractivity (Wildman–Crippen MR) is 96.2 cm³/mol. The van der Waals surface area contributed by atoms with Crippen molar-refractivity contribution in [3.63, 3.8) is 0 Å². The molecule has 0 aliphatic heterocycles. The number of hydrogen-bond acceptors (Lipinski definition) is 6. The molecule has 2 heterocycles. The van der Waals surface area contributed by atoms with E-state index in [2.05, 4.69) is 9.97 Å². The van der Waals surface area contributed by atoms with Crippen LogP contribution in [0.25, 0.3) is 0 Å². The quantitative estimate of drug-likeness (QED) is 0.675. The van der Waals surface area contributed by atoms with Crippen molar-refractivity contribution in [2.75, 3.05) is 6.61 Å². The molecule has 2 atom stereocenters. The molecule has 2 rings (SSSR count). The van der Waals surface area contributed by atoms with E-state index < -0.39 is 23.5 Å². The van der Waals surface area contributed by atoms with E-state index in [9.17, 15) is 9.59 Å². The summed E-state index contributed by atoms with van der Waals surface area (Å²) in [5.74, 6) is -1.59. The maximum atomic E-state index is 13.0. The summed E-state index contributed by atoms with van der Waals surface area (Å²) < 4.78 is 11.0. The van der Waals surface area contributed by atoms with Crippen molar-refractivity contribution in [1.82, 2.24) is 9.97 Å². The molecule has 0 radical (unpaired) electrons. The Bertz CT molecular complexity index is 721. The number of carbonyl (C=O) groups is 2. The number of rotatable bonds is 8. The average molecular weight is 356 g/mol. The first-order chi connectivity index (χ1) is 12.6. The van der Waals surface area contributed by atoms with Crippen LogP contribution in [0.4, 0.5) is 0 Å². The highest BCUT2D eigenvalue weighted by atomic mass is 16.6. The molecule has 138 valence electrons. The van der Waals surface area contributed by atoms with Crippen molar-refractivity contribution in [3.05, 3.63) is 60.2 Å². The molecule has 2 unspecified atom stereocenters. The highest BCUT2D eigenvalue weighted by Gasteiger charge is 2.45. The third-order valence-corrected chi connectivity index (χ3v) is 4.29. The Hall–Kier alpha value is -2.76. The van der Waals surface area contributed by atoms with E-state index in [1.807, 2.05) is 13.0 Å². The van der Waals surface area contributed by atoms with Crippen LogP contribution in [0.3, 0.4) is 0 Å². The molecule has 6 heteroatoms. The van der Waals surface area contributed by atoms with Gasteiger partial charge in [-0.3, -0.25) is 14.8 Å². The van der Waals surface area contributed by atoms with Crippen LogP contribution in [0.5, 0.6) is 0 Å². The van der Waals surface area contributed by atoms with Gasteiger partial charge in [-0.15, -0.1) is 0 Å². The normalized spacial score (nSPS) is 14.1. The van der Waals surface area contributed by atoms with Gasteiger partial charge in [-0.1, -0.05) is 26.0 Å². The molecule has 0 saturated heterocycles. The van der Waals surface area contributed by atoms with Gasteiger partial charge in [0.05, 0.1) is 12.5 Å². The molecule has 0 aliphatic carbocycles. The van der Waals surface area contributed by atoms with Crippen molar-refractivity contribution < 1.29 is 19.1 Å². The first-order valence-corrected chi connectivity index (χ1v) is 8.79. The van der Waals surface area contributed by atoms with Gasteiger partial charge in [-0.05, 0) is 37.5 Å². The maximum absolute atomic E-state index is 13.0. The monoisotopic (exact) mass is 356 g/mol. The van der Waals surface area contributed by atoms with Gasteiger partial charge < -0.3 is 9.47 Å². The Kier molecular flexibility index (Phi) is 6.83. The van der Waals surface area contributed by atoms with Gasteiger partial charge in [0, 0.05) is 30.4 Å². The minimum absolute atomic E-state index is 0.193. The van der Waals surface area contributed by atoms with E-state index >= 15 is 0 Å². The van der Waals surface area contributed by atoms with E-state index in [1.54, 1.807) is 50.6 Å². The molecule has 2 aromatic rings. The predicted octanol–water partition coefficient (Wildman–Crippen LogP) is 3.38. The largest absolute Gasteiger partial charge is 0.463 e. The minimum atomic E-state index is -1.52. The molecule has 0 aliphatic rings. The fourth-order valence-corrected chi connectivity index (χ4v) is 2.85. The van der Waals surface area contributed by atoms with Crippen molar-refractivity contribution in [3.8, 4) is 0 Å². The molecule has 0 saturated carbocycles. The van der Waals surface area contributed by atoms with Crippen molar-refractivity contribution in [2.45, 2.75) is 45.1 Å². The van der Waals surface area contributed by atoms with Crippen molar-refractivity contribution in [2.24, 2.45) is 0 Å². The molecule has 2 aromatic heterocycles. The van der Waals surface area contributed by atoms with E-state index in [-0.39, 0.29) is 13.0 Å². The van der Waals surface area contributed by atoms with Crippen LogP contribution in [0.1, 0.15) is 50.7 Å². The zero-order valence-corrected chi connectivity index (χ0v) is 15.3. The first kappa shape index (κ1) is 19.6. The van der Waals surface area contributed by atoms with Crippen LogP contribution in [-0.4, -0.2) is 28.5 Å². The van der Waals surface area contributed by atoms with Crippen molar-refractivity contribution in [1.29, 1.82) is 0 Å². The molecule has 26 heavy (non-hydrogen) atoms. The lowest BCUT2D eigenvalue weighted by molar-refractivity contribution is -0.186. The summed E-state index contributed by atoms with van der Waals surface area (Å²) in [5.41, 5.74) is -0.271. The number of ether oxygens (including phenoxy) is 2. The molecular formula is C20H24N2O4. The number of hydrogen-bond donors (Lipinski definition) is 0. The number of carbonyl (C=O) groups excluding carboxylic acids is 2. The number of esters is 2. The highest BCUT2D eigenvalue weighted by Crippen LogP contribution is 2.34. The van der Waals surface area contributed by atoms with Gasteiger partial charge in [0.25, 0.3) is 0 Å². The third kappa shape index (κ3) is 4.07. The van der Waals surface area contributed by atoms with Crippen LogP contribution < -0.4 is 0 Å². The molecule has 0 amide bonds. The Morgan fingerprint density at radius 1 is 1.08 bits per heavy atom. The van der Waals surface area contributed by atoms with Gasteiger partial charge in [-0.2, -0.15) is 0 Å². The lowest BCUT2D eigenvalue weighted by atomic mass is 9.91. The van der Waals surface area contributed by atoms with Crippen molar-refractivity contribution >= 4 is 11.9 Å². The summed E-state index contributed by atoms with van der Waals surface area (Å²) in [7, 11) is 0. The average Bonchev–Trinajstić information content (AvgIpc) is 2.68. The number of nitrogens with zero attached hydrogens (tertiary/aromatic N) is 2. The second-order valence-corrected chi connectivity index (χ2v) is 5.81. The summed E-state index contributed by atoms with van der Waals surface area (Å²) in [5, 5.41) is 0. The van der Waals surface area contributed by atoms with Crippen LogP contribution in [-0.2, 0) is 24.7 Å². The SMILES string of the molecule is CCOC(=O)C(CC)(OC(=O)C(CC)c1cccnc1)c1cccnc1. The minimum Gasteiger partial charge on any atom is -0.463 e. The van der Waals surface area contributed by atoms with Gasteiger partial charge >= 0.3 is 11.9 Å². The molecule has 6 nitrogen and oxygen atoms in total. The fourth-order valence-electron chi connectivity index (χ4n) is 2.85. The summed E-state index contributed by atoms with van der Waals surface area (Å²) in [6.07, 6.45) is 7.18.